The van der Waals surface area contributed by atoms with Crippen molar-refractivity contribution >= 4 is 5.78 Å². The highest BCUT2D eigenvalue weighted by Gasteiger charge is 2.01. The second-order valence-electron chi connectivity index (χ2n) is 4.78. The van der Waals surface area contributed by atoms with E-state index in [1.165, 1.54) is 5.56 Å². The van der Waals surface area contributed by atoms with E-state index in [-0.39, 0.29) is 5.78 Å². The third-order valence-corrected chi connectivity index (χ3v) is 3.17. The number of aryl methyl sites for hydroxylation is 1. The van der Waals surface area contributed by atoms with Crippen LogP contribution in [0.2, 0.25) is 0 Å². The summed E-state index contributed by atoms with van der Waals surface area (Å²) in [6, 6.07) is 15.2. The Balaban J connectivity index is 1.81. The first-order chi connectivity index (χ1) is 10.2. The maximum atomic E-state index is 11.3. The van der Waals surface area contributed by atoms with Gasteiger partial charge in [0.2, 0.25) is 0 Å². The predicted octanol–water partition coefficient (Wildman–Crippen LogP) is 3.91. The largest absolute Gasteiger partial charge is 0.490 e. The van der Waals surface area contributed by atoms with Crippen molar-refractivity contribution in [3.05, 3.63) is 59.7 Å². The number of rotatable bonds is 7. The summed E-state index contributed by atoms with van der Waals surface area (Å²) < 4.78 is 11.3. The summed E-state index contributed by atoms with van der Waals surface area (Å²) in [7, 11) is 0. The third kappa shape index (κ3) is 4.63. The lowest BCUT2D eigenvalue weighted by molar-refractivity contribution is 0.101. The van der Waals surface area contributed by atoms with Gasteiger partial charge in [0, 0.05) is 5.56 Å². The number of hydrogen-bond acceptors (Lipinski definition) is 3. The van der Waals surface area contributed by atoms with Gasteiger partial charge in [0.25, 0.3) is 0 Å². The lowest BCUT2D eigenvalue weighted by atomic mass is 10.1. The molecule has 2 aromatic carbocycles. The Bertz CT molecular complexity index is 605. The number of ether oxygens (including phenoxy) is 2. The summed E-state index contributed by atoms with van der Waals surface area (Å²) in [6.45, 7) is 4.57. The SMILES string of the molecule is CCc1cccc(OCCOc2cccc(C(C)=O)c2)c1. The fourth-order valence-electron chi connectivity index (χ4n) is 1.98. The third-order valence-electron chi connectivity index (χ3n) is 3.17. The summed E-state index contributed by atoms with van der Waals surface area (Å²) >= 11 is 0. The van der Waals surface area contributed by atoms with Crippen LogP contribution in [0.25, 0.3) is 0 Å². The molecule has 0 aliphatic carbocycles. The zero-order valence-corrected chi connectivity index (χ0v) is 12.5. The number of carbonyl (C=O) groups is 1. The first-order valence-electron chi connectivity index (χ1n) is 7.14. The van der Waals surface area contributed by atoms with Crippen LogP contribution in [-0.2, 0) is 6.42 Å². The Morgan fingerprint density at radius 3 is 2.19 bits per heavy atom. The molecule has 0 unspecified atom stereocenters. The molecule has 0 amide bonds. The molecular weight excluding hydrogens is 264 g/mol. The van der Waals surface area contributed by atoms with Crippen LogP contribution in [-0.4, -0.2) is 19.0 Å². The first kappa shape index (κ1) is 15.1. The molecular formula is C18H20O3. The molecule has 3 heteroatoms. The highest BCUT2D eigenvalue weighted by Crippen LogP contribution is 2.15. The minimum absolute atomic E-state index is 0.0353. The standard InChI is InChI=1S/C18H20O3/c1-3-15-6-4-8-17(12-15)20-10-11-21-18-9-5-7-16(13-18)14(2)19/h4-9,12-13H,3,10-11H2,1-2H3. The van der Waals surface area contributed by atoms with Crippen LogP contribution >= 0.6 is 0 Å². The smallest absolute Gasteiger partial charge is 0.159 e. The van der Waals surface area contributed by atoms with E-state index in [0.717, 1.165) is 12.2 Å². The maximum Gasteiger partial charge on any atom is 0.159 e. The lowest BCUT2D eigenvalue weighted by Crippen LogP contribution is -2.09. The number of hydrogen-bond donors (Lipinski definition) is 0. The minimum atomic E-state index is 0.0353. The van der Waals surface area contributed by atoms with Gasteiger partial charge >= 0.3 is 0 Å². The van der Waals surface area contributed by atoms with Crippen LogP contribution in [0.4, 0.5) is 0 Å². The average Bonchev–Trinajstić information content (AvgIpc) is 2.52. The van der Waals surface area contributed by atoms with Gasteiger partial charge in [-0.3, -0.25) is 4.79 Å². The summed E-state index contributed by atoms with van der Waals surface area (Å²) in [5, 5.41) is 0. The van der Waals surface area contributed by atoms with Crippen molar-refractivity contribution in [2.75, 3.05) is 13.2 Å². The Kier molecular flexibility index (Phi) is 5.38. The number of carbonyl (C=O) groups excluding carboxylic acids is 1. The van der Waals surface area contributed by atoms with E-state index < -0.39 is 0 Å². The normalized spacial score (nSPS) is 10.2. The molecule has 0 N–H and O–H groups in total. The molecule has 0 aliphatic rings. The van der Waals surface area contributed by atoms with Gasteiger partial charge in [0.15, 0.2) is 5.78 Å². The Hall–Kier alpha value is -2.29. The molecule has 2 aromatic rings. The Labute approximate surface area is 125 Å². The van der Waals surface area contributed by atoms with Crippen LogP contribution in [0.3, 0.4) is 0 Å². The van der Waals surface area contributed by atoms with Crippen LogP contribution in [0.1, 0.15) is 29.8 Å². The van der Waals surface area contributed by atoms with E-state index in [4.69, 9.17) is 9.47 Å². The second-order valence-corrected chi connectivity index (χ2v) is 4.78. The maximum absolute atomic E-state index is 11.3. The minimum Gasteiger partial charge on any atom is -0.490 e. The van der Waals surface area contributed by atoms with Gasteiger partial charge in [0.1, 0.15) is 24.7 Å². The molecule has 0 saturated heterocycles. The number of ketones is 1. The van der Waals surface area contributed by atoms with E-state index in [9.17, 15) is 4.79 Å². The van der Waals surface area contributed by atoms with Crippen LogP contribution in [0.15, 0.2) is 48.5 Å². The average molecular weight is 284 g/mol. The van der Waals surface area contributed by atoms with Gasteiger partial charge in [-0.25, -0.2) is 0 Å². The molecule has 0 atom stereocenters. The van der Waals surface area contributed by atoms with Crippen LogP contribution < -0.4 is 9.47 Å². The molecule has 2 rings (SSSR count). The van der Waals surface area contributed by atoms with Crippen molar-refractivity contribution in [1.29, 1.82) is 0 Å². The fraction of sp³-hybridized carbons (Fsp3) is 0.278. The molecule has 21 heavy (non-hydrogen) atoms. The number of Topliss-reactive ketones (excluding diaryl/α,β-unsaturated/α-hetero) is 1. The van der Waals surface area contributed by atoms with Gasteiger partial charge in [-0.2, -0.15) is 0 Å². The molecule has 0 radical (unpaired) electrons. The Morgan fingerprint density at radius 2 is 1.57 bits per heavy atom. The van der Waals surface area contributed by atoms with E-state index in [1.54, 1.807) is 19.1 Å². The molecule has 0 bridgehead atoms. The van der Waals surface area contributed by atoms with Crippen LogP contribution in [0.5, 0.6) is 11.5 Å². The fourth-order valence-corrected chi connectivity index (χ4v) is 1.98. The van der Waals surface area contributed by atoms with E-state index in [2.05, 4.69) is 13.0 Å². The van der Waals surface area contributed by atoms with Crippen molar-refractivity contribution in [3.63, 3.8) is 0 Å². The molecule has 110 valence electrons. The van der Waals surface area contributed by atoms with Crippen molar-refractivity contribution in [3.8, 4) is 11.5 Å². The van der Waals surface area contributed by atoms with Gasteiger partial charge in [-0.05, 0) is 43.2 Å². The molecule has 3 nitrogen and oxygen atoms in total. The zero-order valence-electron chi connectivity index (χ0n) is 12.5. The van der Waals surface area contributed by atoms with Gasteiger partial charge in [0.05, 0.1) is 0 Å². The van der Waals surface area contributed by atoms with Crippen molar-refractivity contribution in [2.45, 2.75) is 20.3 Å². The topological polar surface area (TPSA) is 35.5 Å². The number of benzene rings is 2. The summed E-state index contributed by atoms with van der Waals surface area (Å²) in [5.41, 5.74) is 1.91. The molecule has 0 aromatic heterocycles. The highest BCUT2D eigenvalue weighted by molar-refractivity contribution is 5.94. The Morgan fingerprint density at radius 1 is 0.952 bits per heavy atom. The van der Waals surface area contributed by atoms with E-state index in [0.29, 0.717) is 24.5 Å². The van der Waals surface area contributed by atoms with E-state index >= 15 is 0 Å². The van der Waals surface area contributed by atoms with Crippen molar-refractivity contribution < 1.29 is 14.3 Å². The monoisotopic (exact) mass is 284 g/mol. The first-order valence-corrected chi connectivity index (χ1v) is 7.14. The van der Waals surface area contributed by atoms with Crippen molar-refractivity contribution in [2.24, 2.45) is 0 Å². The summed E-state index contributed by atoms with van der Waals surface area (Å²) in [4.78, 5) is 11.3. The predicted molar refractivity (Wildman–Crippen MR) is 83.3 cm³/mol. The zero-order chi connectivity index (χ0) is 15.1. The second kappa shape index (κ2) is 7.48. The molecule has 0 spiro atoms. The summed E-state index contributed by atoms with van der Waals surface area (Å²) in [6.07, 6.45) is 0.992. The van der Waals surface area contributed by atoms with Crippen molar-refractivity contribution in [1.82, 2.24) is 0 Å². The van der Waals surface area contributed by atoms with Gasteiger partial charge in [-0.1, -0.05) is 31.2 Å². The van der Waals surface area contributed by atoms with Gasteiger partial charge < -0.3 is 9.47 Å². The summed E-state index contributed by atoms with van der Waals surface area (Å²) in [5.74, 6) is 1.58. The molecule has 0 aliphatic heterocycles. The highest BCUT2D eigenvalue weighted by atomic mass is 16.5. The molecule has 0 heterocycles. The van der Waals surface area contributed by atoms with E-state index in [1.807, 2.05) is 30.3 Å². The molecule has 0 saturated carbocycles. The quantitative estimate of drug-likeness (QED) is 0.571. The lowest BCUT2D eigenvalue weighted by Gasteiger charge is -2.09. The van der Waals surface area contributed by atoms with Gasteiger partial charge in [-0.15, -0.1) is 0 Å². The molecule has 0 fully saturated rings. The van der Waals surface area contributed by atoms with Crippen LogP contribution in [0, 0.1) is 0 Å².